The van der Waals surface area contributed by atoms with Crippen LogP contribution < -0.4 is 11.1 Å². The number of carbonyl (C=O) groups excluding carboxylic acids is 1. The maximum absolute atomic E-state index is 12.8. The SMILES string of the molecule is Cl.NCC1(C(=O)Nc2ccc3c(c2)Cc2ccccc2-3)CCOCC1. The van der Waals surface area contributed by atoms with Crippen LogP contribution in [0, 0.1) is 5.41 Å². The quantitative estimate of drug-likeness (QED) is 0.754. The number of fused-ring (bicyclic) bond motifs is 3. The number of hydrogen-bond acceptors (Lipinski definition) is 3. The summed E-state index contributed by atoms with van der Waals surface area (Å²) in [5, 5.41) is 3.09. The molecule has 25 heavy (non-hydrogen) atoms. The number of benzene rings is 2. The van der Waals surface area contributed by atoms with Gasteiger partial charge in [0.2, 0.25) is 5.91 Å². The van der Waals surface area contributed by atoms with E-state index in [1.807, 2.05) is 6.07 Å². The number of ether oxygens (including phenoxy) is 1. The van der Waals surface area contributed by atoms with Crippen molar-refractivity contribution in [3.05, 3.63) is 53.6 Å². The molecule has 2 aromatic rings. The Morgan fingerprint density at radius 1 is 1.08 bits per heavy atom. The second kappa shape index (κ2) is 7.16. The summed E-state index contributed by atoms with van der Waals surface area (Å²) in [4.78, 5) is 12.8. The zero-order valence-corrected chi connectivity index (χ0v) is 14.9. The number of nitrogens with two attached hydrogens (primary N) is 1. The predicted molar refractivity (Wildman–Crippen MR) is 102 cm³/mol. The summed E-state index contributed by atoms with van der Waals surface area (Å²) in [6.45, 7) is 1.56. The third kappa shape index (κ3) is 3.17. The molecule has 4 rings (SSSR count). The number of hydrogen-bond donors (Lipinski definition) is 2. The van der Waals surface area contributed by atoms with Crippen molar-refractivity contribution in [1.29, 1.82) is 0 Å². The lowest BCUT2D eigenvalue weighted by Crippen LogP contribution is -2.46. The molecule has 1 amide bonds. The lowest BCUT2D eigenvalue weighted by molar-refractivity contribution is -0.130. The molecule has 2 aromatic carbocycles. The topological polar surface area (TPSA) is 64.4 Å². The van der Waals surface area contributed by atoms with E-state index in [1.165, 1.54) is 22.3 Å². The summed E-state index contributed by atoms with van der Waals surface area (Å²) >= 11 is 0. The molecular formula is C20H23ClN2O2. The van der Waals surface area contributed by atoms with Crippen LogP contribution in [-0.2, 0) is 16.0 Å². The Bertz CT molecular complexity index is 785. The van der Waals surface area contributed by atoms with Crippen molar-refractivity contribution in [3.8, 4) is 11.1 Å². The zero-order chi connectivity index (χ0) is 16.6. The number of carbonyl (C=O) groups is 1. The molecule has 0 spiro atoms. The first-order valence-corrected chi connectivity index (χ1v) is 8.52. The van der Waals surface area contributed by atoms with Crippen molar-refractivity contribution in [3.63, 3.8) is 0 Å². The lowest BCUT2D eigenvalue weighted by atomic mass is 9.79. The van der Waals surface area contributed by atoms with Gasteiger partial charge in [-0.3, -0.25) is 4.79 Å². The van der Waals surface area contributed by atoms with Gasteiger partial charge in [-0.25, -0.2) is 0 Å². The zero-order valence-electron chi connectivity index (χ0n) is 14.1. The van der Waals surface area contributed by atoms with E-state index in [0.717, 1.165) is 12.1 Å². The maximum atomic E-state index is 12.8. The highest BCUT2D eigenvalue weighted by molar-refractivity contribution is 5.96. The van der Waals surface area contributed by atoms with Crippen LogP contribution >= 0.6 is 12.4 Å². The van der Waals surface area contributed by atoms with Gasteiger partial charge in [0.1, 0.15) is 0 Å². The van der Waals surface area contributed by atoms with Crippen molar-refractivity contribution in [2.45, 2.75) is 19.3 Å². The van der Waals surface area contributed by atoms with E-state index in [2.05, 4.69) is 41.7 Å². The Morgan fingerprint density at radius 2 is 1.80 bits per heavy atom. The third-order valence-electron chi connectivity index (χ3n) is 5.37. The van der Waals surface area contributed by atoms with Crippen molar-refractivity contribution < 1.29 is 9.53 Å². The van der Waals surface area contributed by atoms with E-state index >= 15 is 0 Å². The molecule has 1 aliphatic heterocycles. The van der Waals surface area contributed by atoms with Crippen LogP contribution in [0.2, 0.25) is 0 Å². The van der Waals surface area contributed by atoms with E-state index < -0.39 is 5.41 Å². The molecule has 1 aliphatic carbocycles. The van der Waals surface area contributed by atoms with Gasteiger partial charge >= 0.3 is 0 Å². The number of anilines is 1. The van der Waals surface area contributed by atoms with E-state index in [-0.39, 0.29) is 18.3 Å². The summed E-state index contributed by atoms with van der Waals surface area (Å²) in [6.07, 6.45) is 2.29. The van der Waals surface area contributed by atoms with Crippen molar-refractivity contribution in [2.24, 2.45) is 11.1 Å². The average molecular weight is 359 g/mol. The summed E-state index contributed by atoms with van der Waals surface area (Å²) < 4.78 is 5.39. The highest BCUT2D eigenvalue weighted by Gasteiger charge is 2.38. The first-order chi connectivity index (χ1) is 11.7. The van der Waals surface area contributed by atoms with Gasteiger partial charge in [-0.1, -0.05) is 30.3 Å². The van der Waals surface area contributed by atoms with Gasteiger partial charge in [0.25, 0.3) is 0 Å². The summed E-state index contributed by atoms with van der Waals surface area (Å²) in [6, 6.07) is 14.7. The summed E-state index contributed by atoms with van der Waals surface area (Å²) in [7, 11) is 0. The molecule has 5 heteroatoms. The standard InChI is InChI=1S/C20H22N2O2.ClH/c21-13-20(7-9-24-10-8-20)19(23)22-16-5-6-18-15(12-16)11-14-3-1-2-4-17(14)18;/h1-6,12H,7-11,13,21H2,(H,22,23);1H. The number of halogens is 1. The monoisotopic (exact) mass is 358 g/mol. The fourth-order valence-electron chi connectivity index (χ4n) is 3.77. The molecule has 3 N–H and O–H groups in total. The number of nitrogens with one attached hydrogen (secondary N) is 1. The van der Waals surface area contributed by atoms with Gasteiger partial charge in [-0.15, -0.1) is 12.4 Å². The molecule has 0 saturated carbocycles. The van der Waals surface area contributed by atoms with Crippen LogP contribution in [0.25, 0.3) is 11.1 Å². The first kappa shape index (κ1) is 17.9. The summed E-state index contributed by atoms with van der Waals surface area (Å²) in [5.74, 6) is 0.0174. The van der Waals surface area contributed by atoms with Gasteiger partial charge in [-0.2, -0.15) is 0 Å². The largest absolute Gasteiger partial charge is 0.381 e. The highest BCUT2D eigenvalue weighted by Crippen LogP contribution is 2.38. The third-order valence-corrected chi connectivity index (χ3v) is 5.37. The van der Waals surface area contributed by atoms with E-state index in [0.29, 0.717) is 32.6 Å². The first-order valence-electron chi connectivity index (χ1n) is 8.52. The van der Waals surface area contributed by atoms with Crippen LogP contribution in [0.3, 0.4) is 0 Å². The van der Waals surface area contributed by atoms with Crippen molar-refractivity contribution in [2.75, 3.05) is 25.1 Å². The second-order valence-electron chi connectivity index (χ2n) is 6.76. The minimum absolute atomic E-state index is 0. The van der Waals surface area contributed by atoms with Crippen molar-refractivity contribution in [1.82, 2.24) is 0 Å². The molecular weight excluding hydrogens is 336 g/mol. The number of rotatable bonds is 3. The fourth-order valence-corrected chi connectivity index (χ4v) is 3.77. The Labute approximate surface area is 154 Å². The number of amides is 1. The molecule has 1 heterocycles. The molecule has 0 aromatic heterocycles. The Morgan fingerprint density at radius 3 is 2.56 bits per heavy atom. The maximum Gasteiger partial charge on any atom is 0.232 e. The van der Waals surface area contributed by atoms with Crippen molar-refractivity contribution >= 4 is 24.0 Å². The Kier molecular flexibility index (Phi) is 5.13. The minimum atomic E-state index is -0.500. The molecule has 1 fully saturated rings. The van der Waals surface area contributed by atoms with E-state index in [9.17, 15) is 4.79 Å². The molecule has 2 aliphatic rings. The molecule has 0 atom stereocenters. The normalized spacial score (nSPS) is 17.2. The lowest BCUT2D eigenvalue weighted by Gasteiger charge is -2.34. The van der Waals surface area contributed by atoms with Gasteiger partial charge in [0.05, 0.1) is 5.41 Å². The predicted octanol–water partition coefficient (Wildman–Crippen LogP) is 3.37. The van der Waals surface area contributed by atoms with Gasteiger partial charge in [-0.05, 0) is 53.6 Å². The molecule has 0 bridgehead atoms. The van der Waals surface area contributed by atoms with Crippen LogP contribution in [0.4, 0.5) is 5.69 Å². The van der Waals surface area contributed by atoms with Gasteiger partial charge in [0, 0.05) is 25.4 Å². The molecule has 4 nitrogen and oxygen atoms in total. The minimum Gasteiger partial charge on any atom is -0.381 e. The fraction of sp³-hybridized carbons (Fsp3) is 0.350. The molecule has 1 saturated heterocycles. The average Bonchev–Trinajstić information content (AvgIpc) is 3.00. The Balaban J connectivity index is 0.00000182. The van der Waals surface area contributed by atoms with Crippen LogP contribution in [0.1, 0.15) is 24.0 Å². The summed E-state index contributed by atoms with van der Waals surface area (Å²) in [5.41, 5.74) is 11.5. The van der Waals surface area contributed by atoms with Crippen LogP contribution in [-0.4, -0.2) is 25.7 Å². The second-order valence-corrected chi connectivity index (χ2v) is 6.76. The molecule has 0 radical (unpaired) electrons. The smallest absolute Gasteiger partial charge is 0.232 e. The molecule has 132 valence electrons. The van der Waals surface area contributed by atoms with E-state index in [1.54, 1.807) is 0 Å². The van der Waals surface area contributed by atoms with Crippen LogP contribution in [0.5, 0.6) is 0 Å². The van der Waals surface area contributed by atoms with E-state index in [4.69, 9.17) is 10.5 Å². The molecule has 0 unspecified atom stereocenters. The Hall–Kier alpha value is -1.88. The highest BCUT2D eigenvalue weighted by atomic mass is 35.5. The van der Waals surface area contributed by atoms with Crippen LogP contribution in [0.15, 0.2) is 42.5 Å². The van der Waals surface area contributed by atoms with Gasteiger partial charge < -0.3 is 15.8 Å². The van der Waals surface area contributed by atoms with Gasteiger partial charge in [0.15, 0.2) is 0 Å².